The molecule has 0 radical (unpaired) electrons. The van der Waals surface area contributed by atoms with E-state index in [9.17, 15) is 14.4 Å². The van der Waals surface area contributed by atoms with Crippen molar-refractivity contribution in [3.8, 4) is 5.69 Å². The van der Waals surface area contributed by atoms with Gasteiger partial charge in [-0.3, -0.25) is 28.9 Å². The summed E-state index contributed by atoms with van der Waals surface area (Å²) in [6.45, 7) is 10.7. The van der Waals surface area contributed by atoms with Gasteiger partial charge >= 0.3 is 0 Å². The number of piperazine rings is 1. The Hall–Kier alpha value is -2.91. The molecule has 2 N–H and O–H groups in total. The lowest BCUT2D eigenvalue weighted by Crippen LogP contribution is -2.54. The SMILES string of the molecule is Cc1c(NC(=O)C(C)N2CCN(CC(=O)NC(C)C)CC2)c(=O)n(-c2ccccc2)n1C. The maximum absolute atomic E-state index is 13.0. The van der Waals surface area contributed by atoms with Crippen molar-refractivity contribution >= 4 is 17.5 Å². The predicted molar refractivity (Wildman–Crippen MR) is 125 cm³/mol. The Morgan fingerprint density at radius 1 is 1.03 bits per heavy atom. The first kappa shape index (κ1) is 23.7. The predicted octanol–water partition coefficient (Wildman–Crippen LogP) is 0.954. The number of nitrogens with zero attached hydrogens (tertiary/aromatic N) is 4. The Morgan fingerprint density at radius 3 is 2.25 bits per heavy atom. The fraction of sp³-hybridized carbons (Fsp3) is 0.522. The summed E-state index contributed by atoms with van der Waals surface area (Å²) in [5, 5.41) is 5.77. The van der Waals surface area contributed by atoms with Gasteiger partial charge in [0.25, 0.3) is 5.56 Å². The second-order valence-electron chi connectivity index (χ2n) is 8.64. The molecule has 2 amide bonds. The Bertz CT molecular complexity index is 1000. The van der Waals surface area contributed by atoms with Crippen molar-refractivity contribution in [1.82, 2.24) is 24.5 Å². The van der Waals surface area contributed by atoms with Crippen molar-refractivity contribution < 1.29 is 9.59 Å². The highest BCUT2D eigenvalue weighted by atomic mass is 16.2. The molecule has 1 aliphatic rings. The lowest BCUT2D eigenvalue weighted by atomic mass is 10.2. The molecule has 1 aromatic carbocycles. The summed E-state index contributed by atoms with van der Waals surface area (Å²) in [6, 6.07) is 9.09. The molecule has 32 heavy (non-hydrogen) atoms. The van der Waals surface area contributed by atoms with Gasteiger partial charge in [-0.05, 0) is 39.8 Å². The molecule has 1 aromatic heterocycles. The number of amides is 2. The maximum Gasteiger partial charge on any atom is 0.295 e. The summed E-state index contributed by atoms with van der Waals surface area (Å²) in [4.78, 5) is 42.2. The Labute approximate surface area is 189 Å². The minimum atomic E-state index is -0.383. The van der Waals surface area contributed by atoms with Crippen molar-refractivity contribution in [2.24, 2.45) is 7.05 Å². The lowest BCUT2D eigenvalue weighted by Gasteiger charge is -2.37. The van der Waals surface area contributed by atoms with Crippen molar-refractivity contribution in [2.45, 2.75) is 39.8 Å². The van der Waals surface area contributed by atoms with Crippen LogP contribution >= 0.6 is 0 Å². The molecular weight excluding hydrogens is 408 g/mol. The van der Waals surface area contributed by atoms with E-state index in [4.69, 9.17) is 0 Å². The number of nitrogens with one attached hydrogen (secondary N) is 2. The fourth-order valence-electron chi connectivity index (χ4n) is 3.99. The average molecular weight is 443 g/mol. The smallest absolute Gasteiger partial charge is 0.295 e. The molecule has 174 valence electrons. The highest BCUT2D eigenvalue weighted by molar-refractivity contribution is 5.95. The van der Waals surface area contributed by atoms with E-state index in [1.54, 1.807) is 16.4 Å². The molecule has 3 rings (SSSR count). The highest BCUT2D eigenvalue weighted by Gasteiger charge is 2.28. The minimum Gasteiger partial charge on any atom is -0.353 e. The van der Waals surface area contributed by atoms with Crippen molar-refractivity contribution in [3.05, 3.63) is 46.4 Å². The van der Waals surface area contributed by atoms with Crippen LogP contribution in [0.3, 0.4) is 0 Å². The van der Waals surface area contributed by atoms with E-state index in [1.807, 2.05) is 58.0 Å². The molecule has 1 fully saturated rings. The van der Waals surface area contributed by atoms with Gasteiger partial charge in [0.05, 0.1) is 24.0 Å². The standard InChI is InChI=1S/C23H34N6O3/c1-16(2)24-20(30)15-27-11-13-28(14-12-27)18(4)22(31)25-21-17(3)26(5)29(23(21)32)19-9-7-6-8-10-19/h6-10,16,18H,11-15H2,1-5H3,(H,24,30)(H,25,31). The van der Waals surface area contributed by atoms with Crippen LogP contribution in [-0.4, -0.2) is 75.8 Å². The van der Waals surface area contributed by atoms with E-state index in [0.29, 0.717) is 44.1 Å². The molecule has 2 heterocycles. The fourth-order valence-corrected chi connectivity index (χ4v) is 3.99. The zero-order chi connectivity index (χ0) is 23.4. The molecule has 9 nitrogen and oxygen atoms in total. The van der Waals surface area contributed by atoms with E-state index in [1.165, 1.54) is 0 Å². The highest BCUT2D eigenvalue weighted by Crippen LogP contribution is 2.15. The molecule has 1 unspecified atom stereocenters. The number of anilines is 1. The minimum absolute atomic E-state index is 0.0217. The number of hydrogen-bond donors (Lipinski definition) is 2. The maximum atomic E-state index is 13.0. The van der Waals surface area contributed by atoms with Crippen LogP contribution in [0.5, 0.6) is 0 Å². The van der Waals surface area contributed by atoms with E-state index in [2.05, 4.69) is 20.4 Å². The van der Waals surface area contributed by atoms with Crippen LogP contribution in [-0.2, 0) is 16.6 Å². The topological polar surface area (TPSA) is 91.6 Å². The summed E-state index contributed by atoms with van der Waals surface area (Å²) in [6.07, 6.45) is 0. The molecule has 0 bridgehead atoms. The molecule has 0 spiro atoms. The van der Waals surface area contributed by atoms with E-state index in [-0.39, 0.29) is 29.5 Å². The van der Waals surface area contributed by atoms with Gasteiger partial charge in [0.15, 0.2) is 0 Å². The summed E-state index contributed by atoms with van der Waals surface area (Å²) >= 11 is 0. The molecular formula is C23H34N6O3. The van der Waals surface area contributed by atoms with Crippen molar-refractivity contribution in [2.75, 3.05) is 38.0 Å². The van der Waals surface area contributed by atoms with Gasteiger partial charge in [0.2, 0.25) is 11.8 Å². The van der Waals surface area contributed by atoms with Crippen LogP contribution in [0.25, 0.3) is 5.69 Å². The quantitative estimate of drug-likeness (QED) is 0.666. The van der Waals surface area contributed by atoms with Gasteiger partial charge in [-0.25, -0.2) is 4.68 Å². The van der Waals surface area contributed by atoms with Gasteiger partial charge in [-0.15, -0.1) is 0 Å². The first-order chi connectivity index (χ1) is 15.2. The van der Waals surface area contributed by atoms with Crippen LogP contribution < -0.4 is 16.2 Å². The lowest BCUT2D eigenvalue weighted by molar-refractivity contribution is -0.125. The summed E-state index contributed by atoms with van der Waals surface area (Å²) in [7, 11) is 1.80. The van der Waals surface area contributed by atoms with Gasteiger partial charge in [-0.1, -0.05) is 18.2 Å². The van der Waals surface area contributed by atoms with Crippen LogP contribution in [0.2, 0.25) is 0 Å². The summed E-state index contributed by atoms with van der Waals surface area (Å²) in [5.41, 5.74) is 1.49. The Kier molecular flexibility index (Phi) is 7.52. The summed E-state index contributed by atoms with van der Waals surface area (Å²) < 4.78 is 3.30. The van der Waals surface area contributed by atoms with E-state index in [0.717, 1.165) is 5.69 Å². The molecule has 1 atom stereocenters. The van der Waals surface area contributed by atoms with Crippen molar-refractivity contribution in [3.63, 3.8) is 0 Å². The number of carbonyl (C=O) groups is 2. The number of hydrogen-bond acceptors (Lipinski definition) is 5. The first-order valence-corrected chi connectivity index (χ1v) is 11.1. The van der Waals surface area contributed by atoms with Gasteiger partial charge < -0.3 is 10.6 Å². The van der Waals surface area contributed by atoms with E-state index >= 15 is 0 Å². The van der Waals surface area contributed by atoms with Crippen molar-refractivity contribution in [1.29, 1.82) is 0 Å². The zero-order valence-corrected chi connectivity index (χ0v) is 19.6. The summed E-state index contributed by atoms with van der Waals surface area (Å²) in [5.74, 6) is -0.185. The molecule has 0 saturated carbocycles. The number of aromatic nitrogens is 2. The zero-order valence-electron chi connectivity index (χ0n) is 19.6. The third kappa shape index (κ3) is 5.28. The molecule has 9 heteroatoms. The van der Waals surface area contributed by atoms with Gasteiger partial charge in [0, 0.05) is 39.3 Å². The van der Waals surface area contributed by atoms with Gasteiger partial charge in [0.1, 0.15) is 5.69 Å². The third-order valence-corrected chi connectivity index (χ3v) is 5.95. The normalized spacial score (nSPS) is 16.2. The van der Waals surface area contributed by atoms with Crippen LogP contribution in [0.15, 0.2) is 35.1 Å². The average Bonchev–Trinajstić information content (AvgIpc) is 2.96. The first-order valence-electron chi connectivity index (χ1n) is 11.1. The second-order valence-corrected chi connectivity index (χ2v) is 8.64. The largest absolute Gasteiger partial charge is 0.353 e. The monoisotopic (exact) mass is 442 g/mol. The van der Waals surface area contributed by atoms with Crippen LogP contribution in [0.1, 0.15) is 26.5 Å². The second kappa shape index (κ2) is 10.1. The number of para-hydroxylation sites is 1. The number of benzene rings is 1. The Balaban J connectivity index is 1.62. The molecule has 1 saturated heterocycles. The third-order valence-electron chi connectivity index (χ3n) is 5.95. The number of carbonyl (C=O) groups excluding carboxylic acids is 2. The molecule has 0 aliphatic carbocycles. The molecule has 2 aromatic rings. The Morgan fingerprint density at radius 2 is 1.66 bits per heavy atom. The number of rotatable bonds is 7. The molecule has 1 aliphatic heterocycles. The van der Waals surface area contributed by atoms with Crippen LogP contribution in [0, 0.1) is 6.92 Å². The van der Waals surface area contributed by atoms with Crippen LogP contribution in [0.4, 0.5) is 5.69 Å². The van der Waals surface area contributed by atoms with E-state index < -0.39 is 0 Å². The van der Waals surface area contributed by atoms with Gasteiger partial charge in [-0.2, -0.15) is 0 Å².